The number of nitrogens with two attached hydrogens (primary N) is 1. The minimum atomic E-state index is 0.358. The number of hydrogen-bond donors (Lipinski definition) is 1. The van der Waals surface area contributed by atoms with E-state index in [9.17, 15) is 0 Å². The van der Waals surface area contributed by atoms with Gasteiger partial charge in [0.25, 0.3) is 0 Å². The Labute approximate surface area is 114 Å². The van der Waals surface area contributed by atoms with Crippen molar-refractivity contribution >= 4 is 5.82 Å². The molecule has 1 saturated heterocycles. The molecule has 0 aliphatic carbocycles. The van der Waals surface area contributed by atoms with E-state index < -0.39 is 0 Å². The number of methoxy groups -OCH3 is 1. The Bertz CT molecular complexity index is 361. The fourth-order valence-electron chi connectivity index (χ4n) is 2.26. The number of rotatable bonds is 6. The van der Waals surface area contributed by atoms with Gasteiger partial charge < -0.3 is 20.1 Å². The highest BCUT2D eigenvalue weighted by molar-refractivity contribution is 5.28. The molecule has 2 heterocycles. The molecule has 5 heteroatoms. The van der Waals surface area contributed by atoms with Gasteiger partial charge in [-0.1, -0.05) is 6.07 Å². The molecule has 0 unspecified atom stereocenters. The second kappa shape index (κ2) is 7.43. The van der Waals surface area contributed by atoms with Gasteiger partial charge in [0, 0.05) is 32.9 Å². The second-order valence-electron chi connectivity index (χ2n) is 4.94. The maximum Gasteiger partial charge on any atom is 0.123 e. The fraction of sp³-hybridized carbons (Fsp3) is 0.643. The van der Waals surface area contributed by atoms with Crippen LogP contribution in [0.25, 0.3) is 0 Å². The summed E-state index contributed by atoms with van der Waals surface area (Å²) in [7, 11) is 1.75. The number of anilines is 1. The number of nitrogens with zero attached hydrogens (tertiary/aromatic N) is 2. The summed E-state index contributed by atoms with van der Waals surface area (Å²) in [5, 5.41) is 0. The minimum Gasteiger partial charge on any atom is -0.384 e. The van der Waals surface area contributed by atoms with E-state index in [1.165, 1.54) is 0 Å². The van der Waals surface area contributed by atoms with Crippen molar-refractivity contribution in [2.75, 3.05) is 39.1 Å². The predicted molar refractivity (Wildman–Crippen MR) is 74.8 cm³/mol. The average molecular weight is 265 g/mol. The number of hydrogen-bond acceptors (Lipinski definition) is 5. The SMILES string of the molecule is COCCN1CCC(OCc2ccc(N)nc2)CC1. The molecule has 0 bridgehead atoms. The molecular weight excluding hydrogens is 242 g/mol. The van der Waals surface area contributed by atoms with Crippen LogP contribution in [0.5, 0.6) is 0 Å². The summed E-state index contributed by atoms with van der Waals surface area (Å²) < 4.78 is 11.0. The van der Waals surface area contributed by atoms with Gasteiger partial charge in [-0.15, -0.1) is 0 Å². The molecule has 2 rings (SSSR count). The van der Waals surface area contributed by atoms with Gasteiger partial charge in [0.1, 0.15) is 5.82 Å². The minimum absolute atomic E-state index is 0.358. The average Bonchev–Trinajstić information content (AvgIpc) is 2.46. The number of nitrogen functional groups attached to an aromatic ring is 1. The molecule has 5 nitrogen and oxygen atoms in total. The normalized spacial score (nSPS) is 17.7. The van der Waals surface area contributed by atoms with Crippen molar-refractivity contribution in [1.29, 1.82) is 0 Å². The third-order valence-electron chi connectivity index (χ3n) is 3.48. The molecule has 1 aromatic rings. The zero-order valence-electron chi connectivity index (χ0n) is 11.5. The van der Waals surface area contributed by atoms with E-state index >= 15 is 0 Å². The Morgan fingerprint density at radius 2 is 2.16 bits per heavy atom. The molecule has 0 spiro atoms. The Morgan fingerprint density at radius 1 is 1.37 bits per heavy atom. The maximum absolute atomic E-state index is 5.92. The first-order chi connectivity index (χ1) is 9.28. The highest BCUT2D eigenvalue weighted by Crippen LogP contribution is 2.15. The van der Waals surface area contributed by atoms with Crippen molar-refractivity contribution < 1.29 is 9.47 Å². The number of ether oxygens (including phenoxy) is 2. The van der Waals surface area contributed by atoms with Crippen LogP contribution in [0.1, 0.15) is 18.4 Å². The first kappa shape index (κ1) is 14.2. The summed E-state index contributed by atoms with van der Waals surface area (Å²) in [6, 6.07) is 3.78. The van der Waals surface area contributed by atoms with Crippen LogP contribution in [0.15, 0.2) is 18.3 Å². The van der Waals surface area contributed by atoms with E-state index in [-0.39, 0.29) is 0 Å². The molecule has 2 N–H and O–H groups in total. The quantitative estimate of drug-likeness (QED) is 0.840. The Balaban J connectivity index is 1.67. The number of aromatic nitrogens is 1. The number of likely N-dealkylation sites (tertiary alicyclic amines) is 1. The van der Waals surface area contributed by atoms with E-state index in [2.05, 4.69) is 9.88 Å². The summed E-state index contributed by atoms with van der Waals surface area (Å²) in [5.74, 6) is 0.551. The Kier molecular flexibility index (Phi) is 5.57. The van der Waals surface area contributed by atoms with E-state index in [4.69, 9.17) is 15.2 Å². The number of piperidine rings is 1. The fourth-order valence-corrected chi connectivity index (χ4v) is 2.26. The maximum atomic E-state index is 5.92. The lowest BCUT2D eigenvalue weighted by Gasteiger charge is -2.31. The molecule has 0 saturated carbocycles. The summed E-state index contributed by atoms with van der Waals surface area (Å²) >= 11 is 0. The molecule has 0 atom stereocenters. The standard InChI is InChI=1S/C14H23N3O2/c1-18-9-8-17-6-4-13(5-7-17)19-11-12-2-3-14(15)16-10-12/h2-3,10,13H,4-9,11H2,1H3,(H2,15,16). The molecule has 1 fully saturated rings. The van der Waals surface area contributed by atoms with Gasteiger partial charge >= 0.3 is 0 Å². The molecule has 1 aliphatic rings. The lowest BCUT2D eigenvalue weighted by molar-refractivity contribution is -0.00620. The van der Waals surface area contributed by atoms with Crippen LogP contribution in [-0.4, -0.2) is 49.3 Å². The van der Waals surface area contributed by atoms with Crippen molar-refractivity contribution in [2.45, 2.75) is 25.6 Å². The zero-order chi connectivity index (χ0) is 13.5. The highest BCUT2D eigenvalue weighted by Gasteiger charge is 2.19. The Morgan fingerprint density at radius 3 is 2.79 bits per heavy atom. The van der Waals surface area contributed by atoms with Gasteiger partial charge in [-0.25, -0.2) is 4.98 Å². The summed E-state index contributed by atoms with van der Waals surface area (Å²) in [6.45, 7) is 4.63. The van der Waals surface area contributed by atoms with E-state index in [1.807, 2.05) is 12.1 Å². The van der Waals surface area contributed by atoms with E-state index in [0.29, 0.717) is 18.5 Å². The van der Waals surface area contributed by atoms with Crippen LogP contribution < -0.4 is 5.73 Å². The van der Waals surface area contributed by atoms with Crippen LogP contribution in [0, 0.1) is 0 Å². The van der Waals surface area contributed by atoms with Gasteiger partial charge in [-0.2, -0.15) is 0 Å². The van der Waals surface area contributed by atoms with Crippen molar-refractivity contribution in [3.63, 3.8) is 0 Å². The first-order valence-corrected chi connectivity index (χ1v) is 6.81. The lowest BCUT2D eigenvalue weighted by Crippen LogP contribution is -2.38. The monoisotopic (exact) mass is 265 g/mol. The van der Waals surface area contributed by atoms with E-state index in [0.717, 1.165) is 44.6 Å². The van der Waals surface area contributed by atoms with Gasteiger partial charge in [0.2, 0.25) is 0 Å². The molecule has 0 aromatic carbocycles. The lowest BCUT2D eigenvalue weighted by atomic mass is 10.1. The van der Waals surface area contributed by atoms with Gasteiger partial charge in [0.05, 0.1) is 19.3 Å². The van der Waals surface area contributed by atoms with Crippen molar-refractivity contribution in [3.05, 3.63) is 23.9 Å². The van der Waals surface area contributed by atoms with E-state index in [1.54, 1.807) is 13.3 Å². The third-order valence-corrected chi connectivity index (χ3v) is 3.48. The van der Waals surface area contributed by atoms with Crippen LogP contribution in [0.4, 0.5) is 5.82 Å². The Hall–Kier alpha value is -1.17. The topological polar surface area (TPSA) is 60.6 Å². The van der Waals surface area contributed by atoms with Gasteiger partial charge in [-0.05, 0) is 24.5 Å². The van der Waals surface area contributed by atoms with Crippen LogP contribution in [0.3, 0.4) is 0 Å². The summed E-state index contributed by atoms with van der Waals surface area (Å²) in [4.78, 5) is 6.49. The third kappa shape index (κ3) is 4.78. The highest BCUT2D eigenvalue weighted by atomic mass is 16.5. The van der Waals surface area contributed by atoms with Crippen molar-refractivity contribution in [1.82, 2.24) is 9.88 Å². The first-order valence-electron chi connectivity index (χ1n) is 6.81. The summed E-state index contributed by atoms with van der Waals surface area (Å²) in [6.07, 6.45) is 4.32. The van der Waals surface area contributed by atoms with Gasteiger partial charge in [-0.3, -0.25) is 0 Å². The van der Waals surface area contributed by atoms with Crippen molar-refractivity contribution in [2.24, 2.45) is 0 Å². The molecule has 0 amide bonds. The van der Waals surface area contributed by atoms with Gasteiger partial charge in [0.15, 0.2) is 0 Å². The molecule has 0 radical (unpaired) electrons. The molecule has 106 valence electrons. The van der Waals surface area contributed by atoms with Crippen LogP contribution in [0.2, 0.25) is 0 Å². The summed E-state index contributed by atoms with van der Waals surface area (Å²) in [5.41, 5.74) is 6.63. The second-order valence-corrected chi connectivity index (χ2v) is 4.94. The van der Waals surface area contributed by atoms with Crippen molar-refractivity contribution in [3.8, 4) is 0 Å². The molecule has 19 heavy (non-hydrogen) atoms. The number of pyridine rings is 1. The smallest absolute Gasteiger partial charge is 0.123 e. The largest absolute Gasteiger partial charge is 0.384 e. The molecule has 1 aromatic heterocycles. The van der Waals surface area contributed by atoms with Crippen LogP contribution >= 0.6 is 0 Å². The zero-order valence-corrected chi connectivity index (χ0v) is 11.5. The predicted octanol–water partition coefficient (Wildman–Crippen LogP) is 1.29. The molecular formula is C14H23N3O2. The van der Waals surface area contributed by atoms with Crippen LogP contribution in [-0.2, 0) is 16.1 Å². The molecule has 1 aliphatic heterocycles.